The van der Waals surface area contributed by atoms with Crippen molar-refractivity contribution < 1.29 is 14.3 Å². The molecule has 2 aromatic heterocycles. The smallest absolute Gasteiger partial charge is 0.262 e. The maximum atomic E-state index is 12.7. The predicted octanol–water partition coefficient (Wildman–Crippen LogP) is 2.20. The third-order valence-electron chi connectivity index (χ3n) is 4.81. The molecule has 1 N–H and O–H groups in total. The van der Waals surface area contributed by atoms with Gasteiger partial charge >= 0.3 is 0 Å². The van der Waals surface area contributed by atoms with Crippen LogP contribution < -0.4 is 20.3 Å². The first-order chi connectivity index (χ1) is 13.5. The van der Waals surface area contributed by atoms with Crippen molar-refractivity contribution >= 4 is 27.5 Å². The van der Waals surface area contributed by atoms with Gasteiger partial charge in [0.25, 0.3) is 5.56 Å². The summed E-state index contributed by atoms with van der Waals surface area (Å²) in [6, 6.07) is 5.78. The van der Waals surface area contributed by atoms with Crippen LogP contribution in [0.25, 0.3) is 10.2 Å². The number of carbonyl (C=O) groups excluding carboxylic acids is 1. The van der Waals surface area contributed by atoms with Crippen LogP contribution in [0.1, 0.15) is 16.0 Å². The minimum Gasteiger partial charge on any atom is -0.486 e. The Labute approximate surface area is 165 Å². The lowest BCUT2D eigenvalue weighted by Crippen LogP contribution is -2.33. The van der Waals surface area contributed by atoms with Gasteiger partial charge in [-0.3, -0.25) is 14.2 Å². The number of amides is 1. The fourth-order valence-corrected chi connectivity index (χ4v) is 4.17. The molecule has 0 unspecified atom stereocenters. The molecule has 1 aromatic carbocycles. The molecule has 1 aliphatic rings. The molecule has 0 bridgehead atoms. The van der Waals surface area contributed by atoms with Crippen LogP contribution in [0.15, 0.2) is 29.3 Å². The molecular weight excluding hydrogens is 378 g/mol. The number of hydrogen-bond donors (Lipinski definition) is 1. The van der Waals surface area contributed by atoms with E-state index >= 15 is 0 Å². The normalized spacial score (nSPS) is 12.9. The number of ether oxygens (including phenoxy) is 2. The Kier molecular flexibility index (Phi) is 5.04. The fraction of sp³-hybridized carbons (Fsp3) is 0.350. The summed E-state index contributed by atoms with van der Waals surface area (Å²) in [7, 11) is 0. The van der Waals surface area contributed by atoms with E-state index in [1.54, 1.807) is 0 Å². The van der Waals surface area contributed by atoms with E-state index in [1.165, 1.54) is 22.2 Å². The highest BCUT2D eigenvalue weighted by Gasteiger charge is 2.14. The van der Waals surface area contributed by atoms with Gasteiger partial charge in [0.05, 0.1) is 11.7 Å². The number of hydrogen-bond acceptors (Lipinski definition) is 6. The molecular formula is C20H21N3O4S. The van der Waals surface area contributed by atoms with Crippen molar-refractivity contribution in [3.05, 3.63) is 50.9 Å². The van der Waals surface area contributed by atoms with Crippen LogP contribution in [0.3, 0.4) is 0 Å². The molecule has 28 heavy (non-hydrogen) atoms. The van der Waals surface area contributed by atoms with E-state index in [0.717, 1.165) is 32.3 Å². The number of rotatable bonds is 5. The molecule has 0 fully saturated rings. The number of nitrogens with zero attached hydrogens (tertiary/aromatic N) is 2. The van der Waals surface area contributed by atoms with E-state index in [1.807, 2.05) is 32.0 Å². The predicted molar refractivity (Wildman–Crippen MR) is 107 cm³/mol. The van der Waals surface area contributed by atoms with E-state index < -0.39 is 0 Å². The van der Waals surface area contributed by atoms with Gasteiger partial charge in [-0.15, -0.1) is 11.3 Å². The summed E-state index contributed by atoms with van der Waals surface area (Å²) < 4.78 is 12.4. The molecule has 8 heteroatoms. The van der Waals surface area contributed by atoms with Gasteiger partial charge < -0.3 is 14.8 Å². The van der Waals surface area contributed by atoms with Gasteiger partial charge in [-0.1, -0.05) is 6.07 Å². The van der Waals surface area contributed by atoms with Crippen molar-refractivity contribution in [3.8, 4) is 11.5 Å². The third-order valence-corrected chi connectivity index (χ3v) is 5.93. The molecule has 4 rings (SSSR count). The van der Waals surface area contributed by atoms with Gasteiger partial charge in [0, 0.05) is 11.4 Å². The van der Waals surface area contributed by atoms with Gasteiger partial charge in [-0.05, 0) is 43.5 Å². The Hall–Kier alpha value is -2.87. The standard InChI is InChI=1S/C20H21N3O4S/c1-12-13(2)28-19-18(12)20(25)23(11-22-19)10-17(24)21-6-5-14-3-4-15-16(9-14)27-8-7-26-15/h3-4,9,11H,5-8,10H2,1-2H3,(H,21,24). The maximum Gasteiger partial charge on any atom is 0.262 e. The Bertz CT molecular complexity index is 1100. The van der Waals surface area contributed by atoms with Gasteiger partial charge in [-0.25, -0.2) is 4.98 Å². The topological polar surface area (TPSA) is 82.5 Å². The third kappa shape index (κ3) is 3.60. The summed E-state index contributed by atoms with van der Waals surface area (Å²) in [6.07, 6.45) is 2.11. The lowest BCUT2D eigenvalue weighted by molar-refractivity contribution is -0.121. The van der Waals surface area contributed by atoms with Crippen LogP contribution in [0.2, 0.25) is 0 Å². The highest BCUT2D eigenvalue weighted by Crippen LogP contribution is 2.30. The molecule has 146 valence electrons. The Morgan fingerprint density at radius 1 is 1.25 bits per heavy atom. The molecule has 1 aliphatic heterocycles. The Balaban J connectivity index is 1.37. The molecule has 3 heterocycles. The van der Waals surface area contributed by atoms with Gasteiger partial charge in [0.15, 0.2) is 11.5 Å². The SMILES string of the molecule is Cc1sc2ncn(CC(=O)NCCc3ccc4c(c3)OCCO4)c(=O)c2c1C. The van der Waals surface area contributed by atoms with Gasteiger partial charge in [-0.2, -0.15) is 0 Å². The van der Waals surface area contributed by atoms with Crippen LogP contribution in [-0.2, 0) is 17.8 Å². The zero-order valence-corrected chi connectivity index (χ0v) is 16.6. The number of thiophene rings is 1. The van der Waals surface area contributed by atoms with Crippen LogP contribution >= 0.6 is 11.3 Å². The van der Waals surface area contributed by atoms with Crippen LogP contribution in [-0.4, -0.2) is 35.2 Å². The summed E-state index contributed by atoms with van der Waals surface area (Å²) >= 11 is 1.50. The van der Waals surface area contributed by atoms with Gasteiger partial charge in [0.2, 0.25) is 5.91 Å². The van der Waals surface area contributed by atoms with Gasteiger partial charge in [0.1, 0.15) is 24.6 Å². The minimum absolute atomic E-state index is 0.0444. The Morgan fingerprint density at radius 3 is 2.86 bits per heavy atom. The quantitative estimate of drug-likeness (QED) is 0.711. The van der Waals surface area contributed by atoms with Crippen molar-refractivity contribution in [1.29, 1.82) is 0 Å². The average Bonchev–Trinajstić information content (AvgIpc) is 2.98. The summed E-state index contributed by atoms with van der Waals surface area (Å²) in [5.41, 5.74) is 1.81. The molecule has 0 spiro atoms. The number of aromatic nitrogens is 2. The number of fused-ring (bicyclic) bond motifs is 2. The molecule has 0 saturated heterocycles. The average molecular weight is 399 g/mol. The summed E-state index contributed by atoms with van der Waals surface area (Å²) in [4.78, 5) is 31.0. The van der Waals surface area contributed by atoms with Crippen molar-refractivity contribution in [2.75, 3.05) is 19.8 Å². The second-order valence-electron chi connectivity index (χ2n) is 6.72. The zero-order valence-electron chi connectivity index (χ0n) is 15.8. The number of carbonyl (C=O) groups is 1. The summed E-state index contributed by atoms with van der Waals surface area (Å²) in [5, 5.41) is 3.46. The van der Waals surface area contributed by atoms with E-state index in [2.05, 4.69) is 10.3 Å². The van der Waals surface area contributed by atoms with Crippen LogP contribution in [0.4, 0.5) is 0 Å². The van der Waals surface area contributed by atoms with Crippen molar-refractivity contribution in [1.82, 2.24) is 14.9 Å². The molecule has 7 nitrogen and oxygen atoms in total. The first-order valence-electron chi connectivity index (χ1n) is 9.13. The van der Waals surface area contributed by atoms with E-state index in [0.29, 0.717) is 31.6 Å². The molecule has 1 amide bonds. The highest BCUT2D eigenvalue weighted by atomic mass is 32.1. The van der Waals surface area contributed by atoms with Crippen molar-refractivity contribution in [2.45, 2.75) is 26.8 Å². The lowest BCUT2D eigenvalue weighted by atomic mass is 10.1. The number of benzene rings is 1. The molecule has 0 aliphatic carbocycles. The summed E-state index contributed by atoms with van der Waals surface area (Å²) in [6.45, 7) is 5.41. The van der Waals surface area contributed by atoms with E-state index in [9.17, 15) is 9.59 Å². The Morgan fingerprint density at radius 2 is 2.04 bits per heavy atom. The number of aryl methyl sites for hydroxylation is 2. The molecule has 0 radical (unpaired) electrons. The second-order valence-corrected chi connectivity index (χ2v) is 7.92. The molecule has 3 aromatic rings. The zero-order chi connectivity index (χ0) is 19.7. The van der Waals surface area contributed by atoms with Crippen LogP contribution in [0, 0.1) is 13.8 Å². The van der Waals surface area contributed by atoms with Crippen LogP contribution in [0.5, 0.6) is 11.5 Å². The van der Waals surface area contributed by atoms with Crippen molar-refractivity contribution in [2.24, 2.45) is 0 Å². The largest absolute Gasteiger partial charge is 0.486 e. The highest BCUT2D eigenvalue weighted by molar-refractivity contribution is 7.18. The first-order valence-corrected chi connectivity index (χ1v) is 9.95. The fourth-order valence-electron chi connectivity index (χ4n) is 3.18. The summed E-state index contributed by atoms with van der Waals surface area (Å²) in [5.74, 6) is 1.27. The number of nitrogens with one attached hydrogen (secondary N) is 1. The van der Waals surface area contributed by atoms with E-state index in [4.69, 9.17) is 9.47 Å². The monoisotopic (exact) mass is 399 g/mol. The molecule has 0 atom stereocenters. The second kappa shape index (κ2) is 7.63. The first kappa shape index (κ1) is 18.5. The minimum atomic E-state index is -0.217. The van der Waals surface area contributed by atoms with Crippen molar-refractivity contribution in [3.63, 3.8) is 0 Å². The lowest BCUT2D eigenvalue weighted by Gasteiger charge is -2.18. The van der Waals surface area contributed by atoms with E-state index in [-0.39, 0.29) is 18.0 Å². The molecule has 0 saturated carbocycles. The maximum absolute atomic E-state index is 12.7.